The van der Waals surface area contributed by atoms with Crippen LogP contribution in [0.1, 0.15) is 85.0 Å². The van der Waals surface area contributed by atoms with Gasteiger partial charge in [-0.05, 0) is 148 Å². The molecule has 0 amide bonds. The van der Waals surface area contributed by atoms with Crippen LogP contribution in [0, 0.1) is 41.5 Å². The summed E-state index contributed by atoms with van der Waals surface area (Å²) in [5.74, 6) is 3.55. The van der Waals surface area contributed by atoms with E-state index in [4.69, 9.17) is 27.1 Å². The summed E-state index contributed by atoms with van der Waals surface area (Å²) in [6, 6.07) is 33.5. The maximum Gasteiger partial charge on any atom is 0.647 e. The predicted molar refractivity (Wildman–Crippen MR) is 227 cm³/mol. The van der Waals surface area contributed by atoms with Crippen LogP contribution in [0.5, 0.6) is 28.7 Å². The van der Waals surface area contributed by atoms with Gasteiger partial charge in [-0.1, -0.05) is 98.8 Å². The van der Waals surface area contributed by atoms with Crippen molar-refractivity contribution in [2.45, 2.75) is 87.5 Å². The first-order valence-corrected chi connectivity index (χ1v) is 21.5. The van der Waals surface area contributed by atoms with Gasteiger partial charge >= 0.3 is 16.4 Å². The molecule has 0 spiro atoms. The summed E-state index contributed by atoms with van der Waals surface area (Å²) in [7, 11) is -6.03. The fourth-order valence-electron chi connectivity index (χ4n) is 6.76. The lowest BCUT2D eigenvalue weighted by Crippen LogP contribution is -2.18. The summed E-state index contributed by atoms with van der Waals surface area (Å²) >= 11 is 0. The molecule has 0 fully saturated rings. The van der Waals surface area contributed by atoms with Gasteiger partial charge in [0.1, 0.15) is 34.5 Å². The highest BCUT2D eigenvalue weighted by molar-refractivity contribution is 7.49. The normalized spacial score (nSPS) is 14.2. The zero-order valence-corrected chi connectivity index (χ0v) is 35.8. The predicted octanol–water partition coefficient (Wildman–Crippen LogP) is 14.2. The molecular weight excluding hydrogens is 738 g/mol. The Morgan fingerprint density at radius 2 is 0.946 bits per heavy atom. The topological polar surface area (TPSA) is 72.5 Å². The maximum absolute atomic E-state index is 14.5. The van der Waals surface area contributed by atoms with E-state index in [2.05, 4.69) is 32.1 Å². The van der Waals surface area contributed by atoms with E-state index >= 15 is 0 Å². The van der Waals surface area contributed by atoms with Crippen LogP contribution in [0.4, 0.5) is 0 Å². The van der Waals surface area contributed by atoms with Gasteiger partial charge in [0.05, 0.1) is 0 Å². The largest absolute Gasteiger partial charge is 0.647 e. The van der Waals surface area contributed by atoms with E-state index in [1.807, 2.05) is 146 Å². The van der Waals surface area contributed by atoms with Gasteiger partial charge in [-0.3, -0.25) is 0 Å². The lowest BCUT2D eigenvalue weighted by atomic mass is 9.78. The molecule has 1 atom stereocenters. The third-order valence-corrected chi connectivity index (χ3v) is 12.5. The number of para-hydroxylation sites is 3. The Balaban J connectivity index is 1.22. The number of allylic oxidation sites excluding steroid dienone is 3. The fraction of sp³-hybridized carbons (Fsp3) is 0.277. The van der Waals surface area contributed by atoms with Gasteiger partial charge in [0, 0.05) is 5.41 Å². The molecule has 1 aliphatic carbocycles. The first-order chi connectivity index (χ1) is 26.6. The summed E-state index contributed by atoms with van der Waals surface area (Å²) in [4.78, 5) is 0. The van der Waals surface area contributed by atoms with Gasteiger partial charge < -0.3 is 27.1 Å². The summed E-state index contributed by atoms with van der Waals surface area (Å²) in [6.07, 6.45) is 3.81. The summed E-state index contributed by atoms with van der Waals surface area (Å²) in [5, 5.41) is 0. The van der Waals surface area contributed by atoms with Crippen LogP contribution in [-0.4, -0.2) is 0 Å². The average Bonchev–Trinajstić information content (AvgIpc) is 3.15. The van der Waals surface area contributed by atoms with Crippen LogP contribution in [0.25, 0.3) is 0 Å². The van der Waals surface area contributed by atoms with Crippen molar-refractivity contribution in [2.24, 2.45) is 0 Å². The Kier molecular flexibility index (Phi) is 12.4. The van der Waals surface area contributed by atoms with Crippen molar-refractivity contribution in [3.8, 4) is 28.7 Å². The van der Waals surface area contributed by atoms with E-state index in [1.165, 1.54) is 0 Å². The fourth-order valence-corrected chi connectivity index (χ4v) is 9.57. The summed E-state index contributed by atoms with van der Waals surface area (Å²) in [6.45, 7) is 20.2. The molecule has 7 nitrogen and oxygen atoms in total. The van der Waals surface area contributed by atoms with Crippen molar-refractivity contribution in [1.29, 1.82) is 0 Å². The van der Waals surface area contributed by atoms with E-state index in [9.17, 15) is 4.57 Å². The number of hydrogen-bond donors (Lipinski definition) is 0. The van der Waals surface area contributed by atoms with Crippen molar-refractivity contribution in [1.82, 2.24) is 0 Å². The Bertz CT molecular complexity index is 2190. The van der Waals surface area contributed by atoms with E-state index < -0.39 is 21.8 Å². The average molecular weight is 791 g/mol. The highest BCUT2D eigenvalue weighted by atomic mass is 31.2. The Hall–Kier alpha value is -4.96. The Labute approximate surface area is 333 Å². The molecule has 0 saturated heterocycles. The molecular formula is C47H52O7P2. The third-order valence-electron chi connectivity index (χ3n) is 10.2. The zero-order chi connectivity index (χ0) is 40.2. The van der Waals surface area contributed by atoms with Gasteiger partial charge in [0.25, 0.3) is 0 Å². The minimum Gasteiger partial charge on any atom is -0.409 e. The maximum atomic E-state index is 14.5. The van der Waals surface area contributed by atoms with Crippen molar-refractivity contribution in [2.75, 3.05) is 0 Å². The molecule has 9 heteroatoms. The molecule has 1 aliphatic rings. The van der Waals surface area contributed by atoms with E-state index in [0.717, 1.165) is 80.0 Å². The monoisotopic (exact) mass is 790 g/mol. The molecule has 0 aliphatic heterocycles. The van der Waals surface area contributed by atoms with Crippen LogP contribution in [0.15, 0.2) is 126 Å². The Morgan fingerprint density at radius 1 is 0.518 bits per heavy atom. The van der Waals surface area contributed by atoms with Gasteiger partial charge in [-0.15, -0.1) is 0 Å². The molecule has 0 N–H and O–H groups in total. The van der Waals surface area contributed by atoms with Gasteiger partial charge in [-0.2, -0.15) is 4.57 Å². The van der Waals surface area contributed by atoms with Gasteiger partial charge in [-0.25, -0.2) is 0 Å². The molecule has 0 saturated carbocycles. The second kappa shape index (κ2) is 17.0. The molecule has 0 aromatic heterocycles. The van der Waals surface area contributed by atoms with Crippen LogP contribution in [-0.2, 0) is 14.5 Å². The lowest BCUT2D eigenvalue weighted by Gasteiger charge is -2.27. The number of hydrogen-bond acceptors (Lipinski definition) is 7. The minimum atomic E-state index is -4.18. The number of phosphoric ester groups is 1. The van der Waals surface area contributed by atoms with Crippen LogP contribution < -0.4 is 22.6 Å². The van der Waals surface area contributed by atoms with E-state index in [-0.39, 0.29) is 0 Å². The van der Waals surface area contributed by atoms with Crippen molar-refractivity contribution >= 4 is 16.4 Å². The second-order valence-corrected chi connectivity index (χ2v) is 17.5. The molecule has 292 valence electrons. The third kappa shape index (κ3) is 9.35. The van der Waals surface area contributed by atoms with Crippen molar-refractivity contribution in [3.63, 3.8) is 0 Å². The quantitative estimate of drug-likeness (QED) is 0.104. The smallest absolute Gasteiger partial charge is 0.409 e. The number of rotatable bonds is 14. The molecule has 0 radical (unpaired) electrons. The standard InChI is InChI=1S/C47H52O7P2/c1-31-15-11-16-32(2)43(31)50-55(51-44-33(3)17-12-18-34(44)4)49-41-27-23-39(24-28-41)47(9,10)40-25-29-42(30-26-40)52-56(48,53-45-35(5)19-13-20-36(45)6)54-46-37(7)21-14-22-38(46)8/h11-13,15-21,23-30H,14,22H2,1-10H3. The molecule has 0 bridgehead atoms. The van der Waals surface area contributed by atoms with Crippen molar-refractivity contribution < 1.29 is 31.7 Å². The Morgan fingerprint density at radius 3 is 1.39 bits per heavy atom. The molecule has 1 unspecified atom stereocenters. The van der Waals surface area contributed by atoms with E-state index in [1.54, 1.807) is 0 Å². The van der Waals surface area contributed by atoms with Crippen LogP contribution in [0.3, 0.4) is 0 Å². The first kappa shape index (κ1) is 40.7. The lowest BCUT2D eigenvalue weighted by molar-refractivity contribution is 0.256. The van der Waals surface area contributed by atoms with Crippen LogP contribution in [0.2, 0.25) is 0 Å². The summed E-state index contributed by atoms with van der Waals surface area (Å²) in [5.41, 5.74) is 9.34. The number of benzene rings is 5. The number of phosphoric acid groups is 1. The van der Waals surface area contributed by atoms with Gasteiger partial charge in [0.2, 0.25) is 0 Å². The first-order valence-electron chi connectivity index (χ1n) is 18.9. The highest BCUT2D eigenvalue weighted by Gasteiger charge is 2.37. The molecule has 5 aromatic carbocycles. The van der Waals surface area contributed by atoms with Crippen LogP contribution >= 0.6 is 16.4 Å². The zero-order valence-electron chi connectivity index (χ0n) is 34.1. The van der Waals surface area contributed by atoms with Gasteiger partial charge in [0.15, 0.2) is 0 Å². The highest BCUT2D eigenvalue weighted by Crippen LogP contribution is 2.54. The second-order valence-electron chi connectivity index (χ2n) is 15.1. The summed E-state index contributed by atoms with van der Waals surface area (Å²) < 4.78 is 52.5. The van der Waals surface area contributed by atoms with Crippen molar-refractivity contribution in [3.05, 3.63) is 171 Å². The number of aryl methyl sites for hydroxylation is 6. The minimum absolute atomic E-state index is 0.375. The molecule has 56 heavy (non-hydrogen) atoms. The molecule has 6 rings (SSSR count). The SMILES string of the molecule is CC1=CCCC(C)=C1OP(=O)(Oc1ccc(C(C)(C)c2ccc(OP(Oc3c(C)cccc3C)Oc3c(C)cccc3C)cc2)cc1)Oc1c(C)cccc1C. The van der Waals surface area contributed by atoms with E-state index in [0.29, 0.717) is 23.0 Å². The molecule has 0 heterocycles. The molecule has 5 aromatic rings.